The Hall–Kier alpha value is -2.82. The zero-order valence-corrected chi connectivity index (χ0v) is 14.9. The minimum absolute atomic E-state index is 0.0303. The predicted octanol–water partition coefficient (Wildman–Crippen LogP) is 4.12. The van der Waals surface area contributed by atoms with Gasteiger partial charge < -0.3 is 4.84 Å². The number of nitrogens with one attached hydrogen (secondary N) is 1. The van der Waals surface area contributed by atoms with Crippen molar-refractivity contribution in [2.45, 2.75) is 19.4 Å². The van der Waals surface area contributed by atoms with Crippen LogP contribution in [0.4, 0.5) is 0 Å². The molecular weight excluding hydrogens is 326 g/mol. The summed E-state index contributed by atoms with van der Waals surface area (Å²) in [6, 6.07) is 20.0. The van der Waals surface area contributed by atoms with E-state index in [1.165, 1.54) is 7.11 Å². The molecule has 0 radical (unpaired) electrons. The average molecular weight is 347 g/mol. The molecule has 0 saturated carbocycles. The molecule has 3 aromatic carbocycles. The van der Waals surface area contributed by atoms with Gasteiger partial charge in [0.2, 0.25) is 0 Å². The zero-order chi connectivity index (χ0) is 18.5. The van der Waals surface area contributed by atoms with Crippen LogP contribution in [0.1, 0.15) is 32.7 Å². The standard InChI is InChI=1S/C22H21NO3/c1-15-7-9-17(10-8-15)21(24)14-20(23-26-2)22(25)19-12-11-16-5-3-4-6-18(16)13-19/h3-13,20,23H,14H2,1-2H3. The first-order valence-electron chi connectivity index (χ1n) is 8.50. The fourth-order valence-corrected chi connectivity index (χ4v) is 2.92. The van der Waals surface area contributed by atoms with E-state index in [1.54, 1.807) is 18.2 Å². The number of Topliss-reactive ketones (excluding diaryl/α,β-unsaturated/α-hetero) is 2. The van der Waals surface area contributed by atoms with Gasteiger partial charge in [-0.25, -0.2) is 0 Å². The second-order valence-corrected chi connectivity index (χ2v) is 6.29. The summed E-state index contributed by atoms with van der Waals surface area (Å²) in [6.07, 6.45) is 0.0303. The molecule has 3 aromatic rings. The summed E-state index contributed by atoms with van der Waals surface area (Å²) in [6.45, 7) is 1.97. The third-order valence-corrected chi connectivity index (χ3v) is 4.37. The molecule has 0 heterocycles. The van der Waals surface area contributed by atoms with Crippen molar-refractivity contribution < 1.29 is 14.4 Å². The van der Waals surface area contributed by atoms with Crippen molar-refractivity contribution in [3.8, 4) is 0 Å². The molecule has 0 saturated heterocycles. The lowest BCUT2D eigenvalue weighted by Crippen LogP contribution is -2.38. The highest BCUT2D eigenvalue weighted by Gasteiger charge is 2.24. The van der Waals surface area contributed by atoms with E-state index in [0.29, 0.717) is 11.1 Å². The Labute approximate surface area is 152 Å². The van der Waals surface area contributed by atoms with Gasteiger partial charge >= 0.3 is 0 Å². The average Bonchev–Trinajstić information content (AvgIpc) is 2.67. The van der Waals surface area contributed by atoms with Gasteiger partial charge in [-0.05, 0) is 23.8 Å². The van der Waals surface area contributed by atoms with E-state index in [4.69, 9.17) is 4.84 Å². The molecule has 0 aliphatic carbocycles. The normalized spacial score (nSPS) is 12.1. The lowest BCUT2D eigenvalue weighted by atomic mass is 9.95. The molecule has 0 amide bonds. The molecule has 1 N–H and O–H groups in total. The first-order chi connectivity index (χ1) is 12.6. The maximum atomic E-state index is 12.9. The Balaban J connectivity index is 1.82. The maximum absolute atomic E-state index is 12.9. The van der Waals surface area contributed by atoms with Crippen LogP contribution in [-0.4, -0.2) is 24.7 Å². The van der Waals surface area contributed by atoms with Gasteiger partial charge in [0.1, 0.15) is 6.04 Å². The minimum Gasteiger partial charge on any atom is -0.304 e. The molecule has 0 spiro atoms. The quantitative estimate of drug-likeness (QED) is 0.516. The zero-order valence-electron chi connectivity index (χ0n) is 14.9. The third-order valence-electron chi connectivity index (χ3n) is 4.37. The molecule has 0 fully saturated rings. The Bertz CT molecular complexity index is 932. The van der Waals surface area contributed by atoms with Crippen LogP contribution in [0.5, 0.6) is 0 Å². The van der Waals surface area contributed by atoms with Crippen LogP contribution < -0.4 is 5.48 Å². The lowest BCUT2D eigenvalue weighted by Gasteiger charge is -2.16. The van der Waals surface area contributed by atoms with Crippen molar-refractivity contribution in [2.24, 2.45) is 0 Å². The van der Waals surface area contributed by atoms with Crippen LogP contribution in [0.3, 0.4) is 0 Å². The lowest BCUT2D eigenvalue weighted by molar-refractivity contribution is 0.0473. The molecule has 3 rings (SSSR count). The highest BCUT2D eigenvalue weighted by atomic mass is 16.6. The van der Waals surface area contributed by atoms with Crippen LogP contribution in [-0.2, 0) is 4.84 Å². The number of aryl methyl sites for hydroxylation is 1. The van der Waals surface area contributed by atoms with E-state index >= 15 is 0 Å². The van der Waals surface area contributed by atoms with Crippen molar-refractivity contribution in [3.05, 3.63) is 83.4 Å². The molecule has 0 aliphatic heterocycles. The minimum atomic E-state index is -0.741. The van der Waals surface area contributed by atoms with Gasteiger partial charge in [0.05, 0.1) is 7.11 Å². The highest BCUT2D eigenvalue weighted by molar-refractivity contribution is 6.07. The van der Waals surface area contributed by atoms with Gasteiger partial charge in [-0.1, -0.05) is 66.2 Å². The fourth-order valence-electron chi connectivity index (χ4n) is 2.92. The van der Waals surface area contributed by atoms with E-state index in [0.717, 1.165) is 16.3 Å². The van der Waals surface area contributed by atoms with Crippen LogP contribution in [0.15, 0.2) is 66.7 Å². The van der Waals surface area contributed by atoms with Crippen LogP contribution in [0.2, 0.25) is 0 Å². The van der Waals surface area contributed by atoms with Crippen LogP contribution >= 0.6 is 0 Å². The SMILES string of the molecule is CONC(CC(=O)c1ccc(C)cc1)C(=O)c1ccc2ccccc2c1. The molecule has 1 unspecified atom stereocenters. The molecular formula is C22H21NO3. The summed E-state index contributed by atoms with van der Waals surface area (Å²) in [4.78, 5) is 30.4. The molecule has 26 heavy (non-hydrogen) atoms. The number of ketones is 2. The molecule has 1 atom stereocenters. The first kappa shape index (κ1) is 18.0. The predicted molar refractivity (Wildman–Crippen MR) is 102 cm³/mol. The number of hydrogen-bond donors (Lipinski definition) is 1. The number of hydroxylamine groups is 1. The fraction of sp³-hybridized carbons (Fsp3) is 0.182. The molecule has 4 nitrogen and oxygen atoms in total. The first-order valence-corrected chi connectivity index (χ1v) is 8.50. The third kappa shape index (κ3) is 4.04. The van der Waals surface area contributed by atoms with Gasteiger partial charge in [0, 0.05) is 17.5 Å². The smallest absolute Gasteiger partial charge is 0.182 e. The summed E-state index contributed by atoms with van der Waals surface area (Å²) < 4.78 is 0. The van der Waals surface area contributed by atoms with Gasteiger partial charge in [-0.15, -0.1) is 0 Å². The van der Waals surface area contributed by atoms with Gasteiger partial charge in [0.25, 0.3) is 0 Å². The van der Waals surface area contributed by atoms with Crippen molar-refractivity contribution in [2.75, 3.05) is 7.11 Å². The van der Waals surface area contributed by atoms with E-state index in [1.807, 2.05) is 55.5 Å². The molecule has 0 bridgehead atoms. The molecule has 0 aliphatic rings. The van der Waals surface area contributed by atoms with Crippen molar-refractivity contribution in [1.29, 1.82) is 0 Å². The van der Waals surface area contributed by atoms with Gasteiger partial charge in [-0.3, -0.25) is 9.59 Å². The van der Waals surface area contributed by atoms with Crippen LogP contribution in [0.25, 0.3) is 10.8 Å². The number of rotatable bonds is 7. The largest absolute Gasteiger partial charge is 0.304 e. The van der Waals surface area contributed by atoms with Crippen molar-refractivity contribution in [3.63, 3.8) is 0 Å². The summed E-state index contributed by atoms with van der Waals surface area (Å²) in [5.74, 6) is -0.272. The number of benzene rings is 3. The van der Waals surface area contributed by atoms with Crippen molar-refractivity contribution in [1.82, 2.24) is 5.48 Å². The van der Waals surface area contributed by atoms with Crippen molar-refractivity contribution >= 4 is 22.3 Å². The summed E-state index contributed by atoms with van der Waals surface area (Å²) in [5.41, 5.74) is 4.89. The monoisotopic (exact) mass is 347 g/mol. The van der Waals surface area contributed by atoms with Gasteiger partial charge in [-0.2, -0.15) is 5.48 Å². The van der Waals surface area contributed by atoms with E-state index < -0.39 is 6.04 Å². The highest BCUT2D eigenvalue weighted by Crippen LogP contribution is 2.18. The molecule has 0 aromatic heterocycles. The molecule has 132 valence electrons. The summed E-state index contributed by atoms with van der Waals surface area (Å²) in [7, 11) is 1.44. The maximum Gasteiger partial charge on any atom is 0.182 e. The Morgan fingerprint density at radius 1 is 0.923 bits per heavy atom. The van der Waals surface area contributed by atoms with E-state index in [9.17, 15) is 9.59 Å². The van der Waals surface area contributed by atoms with Crippen LogP contribution in [0, 0.1) is 6.92 Å². The number of hydrogen-bond acceptors (Lipinski definition) is 4. The number of carbonyl (C=O) groups is 2. The Kier molecular flexibility index (Phi) is 5.56. The summed E-state index contributed by atoms with van der Waals surface area (Å²) >= 11 is 0. The second kappa shape index (κ2) is 8.04. The Morgan fingerprint density at radius 2 is 1.58 bits per heavy atom. The number of fused-ring (bicyclic) bond motifs is 1. The topological polar surface area (TPSA) is 55.4 Å². The second-order valence-electron chi connectivity index (χ2n) is 6.29. The Morgan fingerprint density at radius 3 is 2.27 bits per heavy atom. The van der Waals surface area contributed by atoms with E-state index in [-0.39, 0.29) is 18.0 Å². The number of carbonyl (C=O) groups excluding carboxylic acids is 2. The summed E-state index contributed by atoms with van der Waals surface area (Å²) in [5, 5.41) is 2.05. The molecule has 4 heteroatoms. The van der Waals surface area contributed by atoms with Gasteiger partial charge in [0.15, 0.2) is 11.6 Å². The van der Waals surface area contributed by atoms with E-state index in [2.05, 4.69) is 5.48 Å².